The van der Waals surface area contributed by atoms with Gasteiger partial charge in [-0.05, 0) is 42.1 Å². The van der Waals surface area contributed by atoms with Gasteiger partial charge in [0.25, 0.3) is 0 Å². The molecule has 1 N–H and O–H groups in total. The van der Waals surface area contributed by atoms with E-state index in [0.717, 1.165) is 27.7 Å². The highest BCUT2D eigenvalue weighted by molar-refractivity contribution is 8.15. The Morgan fingerprint density at radius 1 is 1.13 bits per heavy atom. The molecule has 192 valence electrons. The summed E-state index contributed by atoms with van der Waals surface area (Å²) >= 11 is 7.48. The van der Waals surface area contributed by atoms with E-state index in [9.17, 15) is 9.59 Å². The summed E-state index contributed by atoms with van der Waals surface area (Å²) in [6.45, 7) is 2.11. The number of amides is 2. The second-order valence-corrected chi connectivity index (χ2v) is 10.4. The summed E-state index contributed by atoms with van der Waals surface area (Å²) in [5.41, 5.74) is 2.81. The Hall–Kier alpha value is -3.88. The van der Waals surface area contributed by atoms with Gasteiger partial charge in [0.2, 0.25) is 11.8 Å². The maximum Gasteiger partial charge on any atom is 0.243 e. The molecule has 2 heterocycles. The summed E-state index contributed by atoms with van der Waals surface area (Å²) in [4.78, 5) is 37.5. The van der Waals surface area contributed by atoms with E-state index in [1.54, 1.807) is 23.2 Å². The number of benzene rings is 3. The minimum atomic E-state index is -0.633. The van der Waals surface area contributed by atoms with Gasteiger partial charge >= 0.3 is 0 Å². The number of rotatable bonds is 7. The Morgan fingerprint density at radius 3 is 2.71 bits per heavy atom. The van der Waals surface area contributed by atoms with Crippen molar-refractivity contribution in [3.63, 3.8) is 0 Å². The lowest BCUT2D eigenvalue weighted by Crippen LogP contribution is -2.33. The van der Waals surface area contributed by atoms with E-state index in [1.165, 1.54) is 18.9 Å². The number of aryl methyl sites for hydroxylation is 1. The van der Waals surface area contributed by atoms with Crippen LogP contribution in [0.5, 0.6) is 5.75 Å². The van der Waals surface area contributed by atoms with Crippen LogP contribution in [0.1, 0.15) is 17.7 Å². The van der Waals surface area contributed by atoms with Crippen LogP contribution in [-0.2, 0) is 16.1 Å². The molecule has 9 heteroatoms. The SMILES string of the molecule is COc1cc(Cl)c(C)cc1NC(=O)C[C@@H]1SC(=Nc2cccc3ccccc23)N(Cc2ccccn2)C1=O. The van der Waals surface area contributed by atoms with Crippen molar-refractivity contribution in [3.8, 4) is 5.75 Å². The summed E-state index contributed by atoms with van der Waals surface area (Å²) in [6, 6.07) is 22.8. The van der Waals surface area contributed by atoms with E-state index in [-0.39, 0.29) is 24.8 Å². The number of fused-ring (bicyclic) bond motifs is 1. The Balaban J connectivity index is 1.42. The van der Waals surface area contributed by atoms with Gasteiger partial charge in [0.05, 0.1) is 30.7 Å². The monoisotopic (exact) mass is 544 g/mol. The molecule has 1 aliphatic rings. The zero-order valence-corrected chi connectivity index (χ0v) is 22.4. The highest BCUT2D eigenvalue weighted by Crippen LogP contribution is 2.36. The van der Waals surface area contributed by atoms with Crippen molar-refractivity contribution in [2.75, 3.05) is 12.4 Å². The lowest BCUT2D eigenvalue weighted by atomic mass is 10.1. The quantitative estimate of drug-likeness (QED) is 0.292. The fraction of sp³-hybridized carbons (Fsp3) is 0.172. The third-order valence-corrected chi connectivity index (χ3v) is 7.76. The highest BCUT2D eigenvalue weighted by Gasteiger charge is 2.39. The number of carbonyl (C=O) groups excluding carboxylic acids is 2. The molecule has 1 aliphatic heterocycles. The Kier molecular flexibility index (Phi) is 7.62. The minimum absolute atomic E-state index is 0.0262. The zero-order chi connectivity index (χ0) is 26.6. The van der Waals surface area contributed by atoms with E-state index in [1.807, 2.05) is 67.6 Å². The van der Waals surface area contributed by atoms with Gasteiger partial charge in [0.1, 0.15) is 11.0 Å². The van der Waals surface area contributed by atoms with Crippen molar-refractivity contribution in [2.45, 2.75) is 25.1 Å². The number of methoxy groups -OCH3 is 1. The molecule has 5 rings (SSSR count). The number of nitrogens with zero attached hydrogens (tertiary/aromatic N) is 3. The van der Waals surface area contributed by atoms with E-state index in [2.05, 4.69) is 10.3 Å². The van der Waals surface area contributed by atoms with Gasteiger partial charge in [-0.25, -0.2) is 4.99 Å². The first kappa shape index (κ1) is 25.8. The average Bonchev–Trinajstić information content (AvgIpc) is 3.20. The predicted octanol–water partition coefficient (Wildman–Crippen LogP) is 6.37. The number of hydrogen-bond donors (Lipinski definition) is 1. The molecule has 1 saturated heterocycles. The lowest BCUT2D eigenvalue weighted by Gasteiger charge is -2.16. The normalized spacial score (nSPS) is 16.3. The first-order chi connectivity index (χ1) is 18.4. The third kappa shape index (κ3) is 5.51. The van der Waals surface area contributed by atoms with Crippen LogP contribution in [0.2, 0.25) is 5.02 Å². The summed E-state index contributed by atoms with van der Waals surface area (Å²) in [5, 5.41) is 5.36. The average molecular weight is 545 g/mol. The molecular weight excluding hydrogens is 520 g/mol. The number of ether oxygens (including phenoxy) is 1. The van der Waals surface area contributed by atoms with Gasteiger partial charge in [-0.15, -0.1) is 0 Å². The topological polar surface area (TPSA) is 83.9 Å². The molecule has 4 aromatic rings. The number of thioether (sulfide) groups is 1. The fourth-order valence-corrected chi connectivity index (χ4v) is 5.54. The number of anilines is 1. The maximum absolute atomic E-state index is 13.6. The van der Waals surface area contributed by atoms with Crippen LogP contribution in [0.25, 0.3) is 10.8 Å². The smallest absolute Gasteiger partial charge is 0.243 e. The Bertz CT molecular complexity index is 1540. The van der Waals surface area contributed by atoms with Crippen molar-refractivity contribution in [2.24, 2.45) is 4.99 Å². The van der Waals surface area contributed by atoms with Crippen molar-refractivity contribution >= 4 is 62.5 Å². The standard InChI is InChI=1S/C29H25ClN4O3S/c1-18-14-24(25(37-2)15-22(18)30)32-27(35)16-26-28(36)34(17-20-10-5-6-13-31-20)29(38-26)33-23-12-7-9-19-8-3-4-11-21(19)23/h3-15,26H,16-17H2,1-2H3,(H,32,35)/t26-/m0/s1. The minimum Gasteiger partial charge on any atom is -0.495 e. The van der Waals surface area contributed by atoms with Crippen molar-refractivity contribution in [1.82, 2.24) is 9.88 Å². The number of aliphatic imine (C=N–C) groups is 1. The van der Waals surface area contributed by atoms with E-state index >= 15 is 0 Å². The first-order valence-electron chi connectivity index (χ1n) is 12.0. The molecule has 0 radical (unpaired) electrons. The molecule has 0 spiro atoms. The van der Waals surface area contributed by atoms with E-state index < -0.39 is 5.25 Å². The number of amidine groups is 1. The van der Waals surface area contributed by atoms with Crippen LogP contribution < -0.4 is 10.1 Å². The molecule has 0 saturated carbocycles. The van der Waals surface area contributed by atoms with Gasteiger partial charge in [0, 0.05) is 29.1 Å². The number of carbonyl (C=O) groups is 2. The molecule has 0 unspecified atom stereocenters. The van der Waals surface area contributed by atoms with Gasteiger partial charge in [0.15, 0.2) is 5.17 Å². The van der Waals surface area contributed by atoms with Gasteiger partial charge < -0.3 is 10.1 Å². The molecule has 1 atom stereocenters. The number of pyridine rings is 1. The van der Waals surface area contributed by atoms with Crippen molar-refractivity contribution in [1.29, 1.82) is 0 Å². The molecule has 1 fully saturated rings. The van der Waals surface area contributed by atoms with E-state index in [0.29, 0.717) is 21.6 Å². The summed E-state index contributed by atoms with van der Waals surface area (Å²) < 4.78 is 5.37. The Morgan fingerprint density at radius 2 is 1.92 bits per heavy atom. The number of halogens is 1. The van der Waals surface area contributed by atoms with Crippen LogP contribution >= 0.6 is 23.4 Å². The van der Waals surface area contributed by atoms with Gasteiger partial charge in [-0.3, -0.25) is 19.5 Å². The predicted molar refractivity (Wildman–Crippen MR) is 153 cm³/mol. The molecule has 1 aromatic heterocycles. The van der Waals surface area contributed by atoms with Crippen LogP contribution in [0, 0.1) is 6.92 Å². The molecule has 38 heavy (non-hydrogen) atoms. The second kappa shape index (κ2) is 11.2. The van der Waals surface area contributed by atoms with Crippen molar-refractivity contribution in [3.05, 3.63) is 95.3 Å². The Labute approximate surface area is 229 Å². The molecule has 2 amide bonds. The van der Waals surface area contributed by atoms with E-state index in [4.69, 9.17) is 21.3 Å². The molecule has 7 nitrogen and oxygen atoms in total. The molecule has 3 aromatic carbocycles. The first-order valence-corrected chi connectivity index (χ1v) is 13.3. The molecule has 0 bridgehead atoms. The maximum atomic E-state index is 13.6. The fourth-order valence-electron chi connectivity index (χ4n) is 4.23. The number of nitrogens with one attached hydrogen (secondary N) is 1. The summed E-state index contributed by atoms with van der Waals surface area (Å²) in [6.07, 6.45) is 1.67. The van der Waals surface area contributed by atoms with Crippen molar-refractivity contribution < 1.29 is 14.3 Å². The van der Waals surface area contributed by atoms with Crippen LogP contribution in [0.15, 0.2) is 84.0 Å². The number of hydrogen-bond acceptors (Lipinski definition) is 6. The van der Waals surface area contributed by atoms with Gasteiger partial charge in [-0.2, -0.15) is 0 Å². The third-order valence-electron chi connectivity index (χ3n) is 6.17. The molecular formula is C29H25ClN4O3S. The van der Waals surface area contributed by atoms with Crippen LogP contribution in [0.3, 0.4) is 0 Å². The number of aromatic nitrogens is 1. The lowest BCUT2D eigenvalue weighted by molar-refractivity contribution is -0.128. The van der Waals surface area contributed by atoms with Gasteiger partial charge in [-0.1, -0.05) is 65.8 Å². The summed E-state index contributed by atoms with van der Waals surface area (Å²) in [7, 11) is 1.51. The molecule has 0 aliphatic carbocycles. The highest BCUT2D eigenvalue weighted by atomic mass is 35.5. The largest absolute Gasteiger partial charge is 0.495 e. The summed E-state index contributed by atoms with van der Waals surface area (Å²) in [5.74, 6) is -0.0385. The second-order valence-electron chi connectivity index (χ2n) is 8.80. The van der Waals surface area contributed by atoms with Crippen LogP contribution in [0.4, 0.5) is 11.4 Å². The van der Waals surface area contributed by atoms with Crippen LogP contribution in [-0.4, -0.2) is 39.2 Å². The zero-order valence-electron chi connectivity index (χ0n) is 20.8.